The van der Waals surface area contributed by atoms with Crippen LogP contribution < -0.4 is 14.4 Å². The molecule has 0 aromatic heterocycles. The number of para-hydroxylation sites is 4. The summed E-state index contributed by atoms with van der Waals surface area (Å²) in [5, 5.41) is 0. The number of rotatable bonds is 2. The molecular weight excluding hydrogens is 547 g/mol. The predicted molar refractivity (Wildman–Crippen MR) is 175 cm³/mol. The summed E-state index contributed by atoms with van der Waals surface area (Å²) < 4.78 is 13.4. The summed E-state index contributed by atoms with van der Waals surface area (Å²) in [5.41, 5.74) is 10.5. The van der Waals surface area contributed by atoms with Gasteiger partial charge in [0.15, 0.2) is 23.0 Å². The Morgan fingerprint density at radius 1 is 0.488 bits per heavy atom. The minimum atomic E-state index is -0.106. The maximum atomic E-state index is 6.81. The quantitative estimate of drug-likeness (QED) is 0.205. The molecule has 0 saturated carbocycles. The normalized spacial score (nSPS) is 14.7. The van der Waals surface area contributed by atoms with Crippen molar-refractivity contribution in [2.45, 2.75) is 29.1 Å². The van der Waals surface area contributed by atoms with E-state index in [-0.39, 0.29) is 5.41 Å². The van der Waals surface area contributed by atoms with Crippen molar-refractivity contribution in [1.82, 2.24) is 0 Å². The van der Waals surface area contributed by atoms with E-state index in [1.54, 1.807) is 0 Å². The molecule has 3 aliphatic rings. The number of ether oxygens (including phenoxy) is 2. The van der Waals surface area contributed by atoms with Crippen LogP contribution in [-0.4, -0.2) is 0 Å². The SMILES string of the molecule is CC1(C)c2ccccc2-c2cc3c(cc21)Oc1cccc(-c2ccccc2N2c4ccccc4Sc4ccccc42)c1O3. The topological polar surface area (TPSA) is 21.7 Å². The zero-order valence-corrected chi connectivity index (χ0v) is 24.6. The van der Waals surface area contributed by atoms with Crippen LogP contribution in [0.1, 0.15) is 25.0 Å². The van der Waals surface area contributed by atoms with E-state index in [2.05, 4.69) is 140 Å². The molecule has 6 aromatic rings. The van der Waals surface area contributed by atoms with E-state index in [0.29, 0.717) is 0 Å². The molecule has 0 radical (unpaired) electrons. The first-order chi connectivity index (χ1) is 21.1. The molecule has 206 valence electrons. The second-order valence-electron chi connectivity index (χ2n) is 11.7. The molecule has 0 fully saturated rings. The van der Waals surface area contributed by atoms with Crippen molar-refractivity contribution in [2.24, 2.45) is 0 Å². The van der Waals surface area contributed by atoms with E-state index < -0.39 is 0 Å². The van der Waals surface area contributed by atoms with Crippen molar-refractivity contribution < 1.29 is 9.47 Å². The first-order valence-corrected chi connectivity index (χ1v) is 15.4. The Morgan fingerprint density at radius 2 is 1.09 bits per heavy atom. The Labute approximate surface area is 255 Å². The highest BCUT2D eigenvalue weighted by Gasteiger charge is 2.38. The molecule has 0 bridgehead atoms. The van der Waals surface area contributed by atoms with Crippen LogP contribution in [0.3, 0.4) is 0 Å². The van der Waals surface area contributed by atoms with Gasteiger partial charge < -0.3 is 14.4 Å². The van der Waals surface area contributed by atoms with Gasteiger partial charge in [-0.25, -0.2) is 0 Å². The van der Waals surface area contributed by atoms with Gasteiger partial charge in [-0.2, -0.15) is 0 Å². The molecule has 6 aromatic carbocycles. The predicted octanol–water partition coefficient (Wildman–Crippen LogP) is 11.5. The average Bonchev–Trinajstić information content (AvgIpc) is 3.27. The fourth-order valence-electron chi connectivity index (χ4n) is 6.87. The molecule has 9 rings (SSSR count). The van der Waals surface area contributed by atoms with Crippen molar-refractivity contribution in [2.75, 3.05) is 4.90 Å². The maximum absolute atomic E-state index is 6.81. The smallest absolute Gasteiger partial charge is 0.178 e. The van der Waals surface area contributed by atoms with Crippen molar-refractivity contribution in [1.29, 1.82) is 0 Å². The summed E-state index contributed by atoms with van der Waals surface area (Å²) in [6.07, 6.45) is 0. The summed E-state index contributed by atoms with van der Waals surface area (Å²) in [5.74, 6) is 2.96. The van der Waals surface area contributed by atoms with Gasteiger partial charge in [0.25, 0.3) is 0 Å². The van der Waals surface area contributed by atoms with E-state index in [1.807, 2.05) is 17.8 Å². The van der Waals surface area contributed by atoms with Crippen LogP contribution in [0, 0.1) is 0 Å². The van der Waals surface area contributed by atoms with Crippen LogP contribution in [0.15, 0.2) is 137 Å². The van der Waals surface area contributed by atoms with E-state index in [9.17, 15) is 0 Å². The van der Waals surface area contributed by atoms with Gasteiger partial charge in [-0.3, -0.25) is 0 Å². The van der Waals surface area contributed by atoms with Crippen LogP contribution in [0.25, 0.3) is 22.3 Å². The maximum Gasteiger partial charge on any atom is 0.178 e. The van der Waals surface area contributed by atoms with Crippen LogP contribution in [-0.2, 0) is 5.41 Å². The Hall–Kier alpha value is -4.93. The monoisotopic (exact) mass is 573 g/mol. The molecule has 3 nitrogen and oxygen atoms in total. The number of hydrogen-bond acceptors (Lipinski definition) is 4. The second-order valence-corrected chi connectivity index (χ2v) is 12.8. The second kappa shape index (κ2) is 9.03. The summed E-state index contributed by atoms with van der Waals surface area (Å²) in [7, 11) is 0. The lowest BCUT2D eigenvalue weighted by atomic mass is 9.82. The molecule has 0 amide bonds. The molecule has 2 aliphatic heterocycles. The molecule has 0 saturated heterocycles. The zero-order chi connectivity index (χ0) is 28.7. The van der Waals surface area contributed by atoms with Crippen LogP contribution in [0.4, 0.5) is 17.1 Å². The fraction of sp³-hybridized carbons (Fsp3) is 0.0769. The lowest BCUT2D eigenvalue weighted by Crippen LogP contribution is -2.16. The summed E-state index contributed by atoms with van der Waals surface area (Å²) >= 11 is 1.82. The third-order valence-electron chi connectivity index (χ3n) is 8.93. The third kappa shape index (κ3) is 3.57. The van der Waals surface area contributed by atoms with E-state index in [4.69, 9.17) is 9.47 Å². The first kappa shape index (κ1) is 24.6. The number of nitrogens with zero attached hydrogens (tertiary/aromatic N) is 1. The van der Waals surface area contributed by atoms with Crippen molar-refractivity contribution in [3.8, 4) is 45.3 Å². The highest BCUT2D eigenvalue weighted by atomic mass is 32.2. The molecule has 4 heteroatoms. The molecule has 0 atom stereocenters. The molecule has 1 aliphatic carbocycles. The summed E-state index contributed by atoms with van der Waals surface area (Å²) in [4.78, 5) is 4.84. The van der Waals surface area contributed by atoms with Gasteiger partial charge in [-0.15, -0.1) is 0 Å². The van der Waals surface area contributed by atoms with Gasteiger partial charge in [0.05, 0.1) is 17.1 Å². The average molecular weight is 574 g/mol. The molecule has 0 spiro atoms. The third-order valence-corrected chi connectivity index (χ3v) is 10.1. The van der Waals surface area contributed by atoms with E-state index in [1.165, 1.54) is 43.4 Å². The Kier molecular flexibility index (Phi) is 5.18. The van der Waals surface area contributed by atoms with Gasteiger partial charge in [0.2, 0.25) is 0 Å². The van der Waals surface area contributed by atoms with Crippen molar-refractivity contribution in [3.05, 3.63) is 139 Å². The molecule has 2 heterocycles. The van der Waals surface area contributed by atoms with E-state index >= 15 is 0 Å². The Bertz CT molecular complexity index is 2070. The Balaban J connectivity index is 1.20. The highest BCUT2D eigenvalue weighted by Crippen LogP contribution is 2.58. The number of benzene rings is 6. The fourth-order valence-corrected chi connectivity index (χ4v) is 7.93. The van der Waals surface area contributed by atoms with Crippen molar-refractivity contribution >= 4 is 28.8 Å². The van der Waals surface area contributed by atoms with Crippen LogP contribution >= 0.6 is 11.8 Å². The van der Waals surface area contributed by atoms with Gasteiger partial charge >= 0.3 is 0 Å². The molecule has 0 unspecified atom stereocenters. The highest BCUT2D eigenvalue weighted by molar-refractivity contribution is 7.99. The van der Waals surface area contributed by atoms with Gasteiger partial charge in [0.1, 0.15) is 0 Å². The standard InChI is InChI=1S/C39H27NO2S/c1-39(2)28-15-5-3-12-24(28)27-22-34-35(23-29(27)39)41-33-19-11-14-26(38(33)42-34)25-13-4-6-16-30(25)40-31-17-7-9-20-36(31)43-37-21-10-8-18-32(37)40/h3-23H,1-2H3. The van der Waals surface area contributed by atoms with Gasteiger partial charge in [-0.1, -0.05) is 104 Å². The zero-order valence-electron chi connectivity index (χ0n) is 23.8. The molecule has 0 N–H and O–H groups in total. The number of anilines is 3. The largest absolute Gasteiger partial charge is 0.449 e. The Morgan fingerprint density at radius 3 is 1.86 bits per heavy atom. The van der Waals surface area contributed by atoms with Crippen LogP contribution in [0.2, 0.25) is 0 Å². The van der Waals surface area contributed by atoms with Crippen LogP contribution in [0.5, 0.6) is 23.0 Å². The number of fused-ring (bicyclic) bond motifs is 7. The lowest BCUT2D eigenvalue weighted by Gasteiger charge is -2.34. The van der Waals surface area contributed by atoms with Gasteiger partial charge in [0, 0.05) is 26.3 Å². The summed E-state index contributed by atoms with van der Waals surface area (Å²) in [6, 6.07) is 45.0. The van der Waals surface area contributed by atoms with E-state index in [0.717, 1.165) is 39.8 Å². The first-order valence-electron chi connectivity index (χ1n) is 14.6. The lowest BCUT2D eigenvalue weighted by molar-refractivity contribution is 0.360. The van der Waals surface area contributed by atoms with Gasteiger partial charge in [-0.05, 0) is 70.8 Å². The minimum Gasteiger partial charge on any atom is -0.449 e. The van der Waals surface area contributed by atoms with Crippen molar-refractivity contribution in [3.63, 3.8) is 0 Å². The number of hydrogen-bond donors (Lipinski definition) is 0. The molecular formula is C39H27NO2S. The minimum absolute atomic E-state index is 0.106. The molecule has 43 heavy (non-hydrogen) atoms. The summed E-state index contributed by atoms with van der Waals surface area (Å²) in [6.45, 7) is 4.57.